The summed E-state index contributed by atoms with van der Waals surface area (Å²) in [7, 11) is -2.79. The van der Waals surface area contributed by atoms with Crippen LogP contribution in [-0.2, 0) is 9.84 Å². The highest BCUT2D eigenvalue weighted by Crippen LogP contribution is 2.39. The smallest absolute Gasteiger partial charge is 0.150 e. The van der Waals surface area contributed by atoms with Crippen LogP contribution in [0.3, 0.4) is 0 Å². The van der Waals surface area contributed by atoms with Crippen molar-refractivity contribution in [1.29, 1.82) is 0 Å². The van der Waals surface area contributed by atoms with E-state index in [4.69, 9.17) is 0 Å². The first-order valence-corrected chi connectivity index (χ1v) is 9.26. The molecule has 0 aromatic rings. The Morgan fingerprint density at radius 1 is 1.28 bits per heavy atom. The van der Waals surface area contributed by atoms with Crippen molar-refractivity contribution in [2.45, 2.75) is 58.9 Å². The van der Waals surface area contributed by atoms with Crippen molar-refractivity contribution in [1.82, 2.24) is 5.32 Å². The number of rotatable bonds is 10. The van der Waals surface area contributed by atoms with Crippen LogP contribution in [0.4, 0.5) is 0 Å². The minimum atomic E-state index is -2.79. The van der Waals surface area contributed by atoms with Gasteiger partial charge in [0.25, 0.3) is 0 Å². The van der Waals surface area contributed by atoms with Gasteiger partial charge in [-0.2, -0.15) is 0 Å². The molecule has 1 saturated carbocycles. The minimum Gasteiger partial charge on any atom is -0.314 e. The average molecular weight is 275 g/mol. The van der Waals surface area contributed by atoms with Crippen molar-refractivity contribution in [2.75, 3.05) is 18.1 Å². The summed E-state index contributed by atoms with van der Waals surface area (Å²) in [4.78, 5) is 0. The molecular weight excluding hydrogens is 246 g/mol. The molecule has 2 atom stereocenters. The molecule has 0 amide bonds. The monoisotopic (exact) mass is 275 g/mol. The molecule has 3 nitrogen and oxygen atoms in total. The van der Waals surface area contributed by atoms with E-state index in [9.17, 15) is 8.42 Å². The van der Waals surface area contributed by atoms with Crippen molar-refractivity contribution >= 4 is 9.84 Å². The lowest BCUT2D eigenvalue weighted by Gasteiger charge is -2.25. The van der Waals surface area contributed by atoms with Gasteiger partial charge in [0.2, 0.25) is 0 Å². The lowest BCUT2D eigenvalue weighted by molar-refractivity contribution is 0.323. The summed E-state index contributed by atoms with van der Waals surface area (Å²) < 4.78 is 23.0. The van der Waals surface area contributed by atoms with Crippen molar-refractivity contribution in [3.05, 3.63) is 0 Å². The van der Waals surface area contributed by atoms with Crippen molar-refractivity contribution < 1.29 is 8.42 Å². The Labute approximate surface area is 113 Å². The maximum atomic E-state index is 11.5. The Balaban J connectivity index is 2.35. The normalized spacial score (nSPS) is 19.7. The molecule has 1 aliphatic carbocycles. The van der Waals surface area contributed by atoms with Gasteiger partial charge in [-0.1, -0.05) is 20.8 Å². The van der Waals surface area contributed by atoms with Crippen molar-refractivity contribution in [3.63, 3.8) is 0 Å². The minimum absolute atomic E-state index is 0.276. The van der Waals surface area contributed by atoms with Gasteiger partial charge in [-0.05, 0) is 50.5 Å². The molecule has 0 spiro atoms. The van der Waals surface area contributed by atoms with E-state index in [1.165, 1.54) is 12.8 Å². The van der Waals surface area contributed by atoms with Crippen LogP contribution in [0.15, 0.2) is 0 Å². The standard InChI is InChI=1S/C14H29NO2S/c1-4-10-15-14(12(3)13-8-9-13)7-6-11-18(16,17)5-2/h12-15H,4-11H2,1-3H3. The van der Waals surface area contributed by atoms with Crippen molar-refractivity contribution in [3.8, 4) is 0 Å². The van der Waals surface area contributed by atoms with Gasteiger partial charge in [0.05, 0.1) is 5.75 Å². The summed E-state index contributed by atoms with van der Waals surface area (Å²) >= 11 is 0. The quantitative estimate of drug-likeness (QED) is 0.666. The van der Waals surface area contributed by atoms with E-state index in [0.717, 1.165) is 31.7 Å². The second-order valence-corrected chi connectivity index (χ2v) is 8.11. The van der Waals surface area contributed by atoms with Gasteiger partial charge in [-0.25, -0.2) is 8.42 Å². The van der Waals surface area contributed by atoms with Crippen LogP contribution in [0.2, 0.25) is 0 Å². The van der Waals surface area contributed by atoms with Gasteiger partial charge in [0.15, 0.2) is 0 Å². The lowest BCUT2D eigenvalue weighted by Crippen LogP contribution is -2.36. The summed E-state index contributed by atoms with van der Waals surface area (Å²) in [6.07, 6.45) is 5.66. The molecule has 1 rings (SSSR count). The average Bonchev–Trinajstić information content (AvgIpc) is 3.16. The number of nitrogens with one attached hydrogen (secondary N) is 1. The van der Waals surface area contributed by atoms with E-state index < -0.39 is 9.84 Å². The molecule has 0 radical (unpaired) electrons. The predicted octanol–water partition coefficient (Wildman–Crippen LogP) is 2.62. The number of sulfone groups is 1. The summed E-state index contributed by atoms with van der Waals surface area (Å²) in [5, 5.41) is 3.60. The zero-order valence-corrected chi connectivity index (χ0v) is 12.9. The van der Waals surface area contributed by atoms with Crippen LogP contribution in [0.5, 0.6) is 0 Å². The first-order chi connectivity index (χ1) is 8.50. The summed E-state index contributed by atoms with van der Waals surface area (Å²) in [6, 6.07) is 0.504. The van der Waals surface area contributed by atoms with E-state index in [2.05, 4.69) is 19.2 Å². The van der Waals surface area contributed by atoms with Gasteiger partial charge in [-0.3, -0.25) is 0 Å². The maximum Gasteiger partial charge on any atom is 0.150 e. The molecule has 4 heteroatoms. The molecule has 18 heavy (non-hydrogen) atoms. The van der Waals surface area contributed by atoms with Crippen LogP contribution in [0.25, 0.3) is 0 Å². The molecular formula is C14H29NO2S. The van der Waals surface area contributed by atoms with Crippen LogP contribution >= 0.6 is 0 Å². The van der Waals surface area contributed by atoms with Crippen LogP contribution in [0.1, 0.15) is 52.9 Å². The Morgan fingerprint density at radius 3 is 2.44 bits per heavy atom. The van der Waals surface area contributed by atoms with Crippen LogP contribution < -0.4 is 5.32 Å². The number of hydrogen-bond acceptors (Lipinski definition) is 3. The molecule has 0 heterocycles. The summed E-state index contributed by atoms with van der Waals surface area (Å²) in [5.41, 5.74) is 0. The molecule has 0 aromatic carbocycles. The van der Waals surface area contributed by atoms with E-state index in [1.54, 1.807) is 6.92 Å². The third-order valence-electron chi connectivity index (χ3n) is 4.07. The Kier molecular flexibility index (Phi) is 6.64. The lowest BCUT2D eigenvalue weighted by atomic mass is 9.93. The molecule has 108 valence electrons. The summed E-state index contributed by atoms with van der Waals surface area (Å²) in [5.74, 6) is 2.20. The predicted molar refractivity (Wildman–Crippen MR) is 77.5 cm³/mol. The van der Waals surface area contributed by atoms with Gasteiger partial charge < -0.3 is 5.32 Å². The zero-order valence-electron chi connectivity index (χ0n) is 12.1. The molecule has 1 fully saturated rings. The fraction of sp³-hybridized carbons (Fsp3) is 1.00. The fourth-order valence-corrected chi connectivity index (χ4v) is 3.39. The van der Waals surface area contributed by atoms with Gasteiger partial charge in [0, 0.05) is 11.8 Å². The molecule has 0 aromatic heterocycles. The maximum absolute atomic E-state index is 11.5. The molecule has 1 aliphatic rings. The third-order valence-corrected chi connectivity index (χ3v) is 5.86. The topological polar surface area (TPSA) is 46.2 Å². The molecule has 0 saturated heterocycles. The summed E-state index contributed by atoms with van der Waals surface area (Å²) in [6.45, 7) is 7.27. The van der Waals surface area contributed by atoms with Gasteiger partial charge in [-0.15, -0.1) is 0 Å². The van der Waals surface area contributed by atoms with Crippen LogP contribution in [0, 0.1) is 11.8 Å². The second kappa shape index (κ2) is 7.49. The van der Waals surface area contributed by atoms with E-state index in [0.29, 0.717) is 17.7 Å². The SMILES string of the molecule is CCCNC(CCCS(=O)(=O)CC)C(C)C1CC1. The Morgan fingerprint density at radius 2 is 1.94 bits per heavy atom. The molecule has 0 aliphatic heterocycles. The molecule has 1 N–H and O–H groups in total. The Hall–Kier alpha value is -0.0900. The molecule has 2 unspecified atom stereocenters. The van der Waals surface area contributed by atoms with Crippen LogP contribution in [-0.4, -0.2) is 32.5 Å². The fourth-order valence-electron chi connectivity index (χ4n) is 2.50. The highest BCUT2D eigenvalue weighted by molar-refractivity contribution is 7.91. The van der Waals surface area contributed by atoms with Gasteiger partial charge >= 0.3 is 0 Å². The Bertz CT molecular complexity index is 323. The largest absolute Gasteiger partial charge is 0.314 e. The second-order valence-electron chi connectivity index (χ2n) is 5.64. The number of hydrogen-bond donors (Lipinski definition) is 1. The van der Waals surface area contributed by atoms with E-state index in [1.807, 2.05) is 0 Å². The third kappa shape index (κ3) is 5.70. The first kappa shape index (κ1) is 16.0. The van der Waals surface area contributed by atoms with E-state index >= 15 is 0 Å². The zero-order chi connectivity index (χ0) is 13.6. The highest BCUT2D eigenvalue weighted by Gasteiger charge is 2.32. The van der Waals surface area contributed by atoms with Crippen molar-refractivity contribution in [2.24, 2.45) is 11.8 Å². The van der Waals surface area contributed by atoms with E-state index in [-0.39, 0.29) is 5.75 Å². The highest BCUT2D eigenvalue weighted by atomic mass is 32.2. The first-order valence-electron chi connectivity index (χ1n) is 7.44. The van der Waals surface area contributed by atoms with Gasteiger partial charge in [0.1, 0.15) is 9.84 Å². The molecule has 0 bridgehead atoms.